The number of hydrogen-bond donors (Lipinski definition) is 1. The van der Waals surface area contributed by atoms with Gasteiger partial charge in [0.2, 0.25) is 0 Å². The van der Waals surface area contributed by atoms with Gasteiger partial charge in [0.25, 0.3) is 0 Å². The van der Waals surface area contributed by atoms with Crippen molar-refractivity contribution in [3.8, 4) is 5.75 Å². The zero-order valence-corrected chi connectivity index (χ0v) is 8.71. The van der Waals surface area contributed by atoms with Crippen molar-refractivity contribution in [1.29, 1.82) is 0 Å². The maximum absolute atomic E-state index is 12.0. The molecule has 0 bridgehead atoms. The van der Waals surface area contributed by atoms with Gasteiger partial charge < -0.3 is 9.84 Å². The van der Waals surface area contributed by atoms with Crippen LogP contribution in [0.25, 0.3) is 0 Å². The van der Waals surface area contributed by atoms with Crippen molar-refractivity contribution in [2.75, 3.05) is 0 Å². The largest absolute Gasteiger partial charge is 0.435 e. The van der Waals surface area contributed by atoms with Crippen molar-refractivity contribution in [1.82, 2.24) is 0 Å². The third-order valence-corrected chi connectivity index (χ3v) is 2.00. The van der Waals surface area contributed by atoms with Crippen molar-refractivity contribution in [3.05, 3.63) is 29.3 Å². The summed E-state index contributed by atoms with van der Waals surface area (Å²) in [7, 11) is 0. The maximum Gasteiger partial charge on any atom is 0.387 e. The Kier molecular flexibility index (Phi) is 4.03. The minimum atomic E-state index is -2.81. The Bertz CT molecular complexity index is 324. The number of ether oxygens (including phenoxy) is 1. The Balaban J connectivity index is 2.85. The molecular formula is C11H14F2O2. The van der Waals surface area contributed by atoms with Gasteiger partial charge in [0.1, 0.15) is 5.75 Å². The van der Waals surface area contributed by atoms with Gasteiger partial charge in [0, 0.05) is 0 Å². The monoisotopic (exact) mass is 216 g/mol. The van der Waals surface area contributed by atoms with Gasteiger partial charge in [-0.2, -0.15) is 8.78 Å². The molecule has 0 unspecified atom stereocenters. The molecule has 0 amide bonds. The van der Waals surface area contributed by atoms with Crippen LogP contribution in [0.3, 0.4) is 0 Å². The van der Waals surface area contributed by atoms with Crippen LogP contribution < -0.4 is 4.74 Å². The van der Waals surface area contributed by atoms with Gasteiger partial charge in [-0.25, -0.2) is 0 Å². The summed E-state index contributed by atoms with van der Waals surface area (Å²) in [6, 6.07) is 5.03. The number of benzene rings is 1. The highest BCUT2D eigenvalue weighted by Gasteiger charge is 2.08. The minimum Gasteiger partial charge on any atom is -0.435 e. The van der Waals surface area contributed by atoms with E-state index >= 15 is 0 Å². The van der Waals surface area contributed by atoms with Crippen molar-refractivity contribution in [2.24, 2.45) is 0 Å². The molecule has 84 valence electrons. The van der Waals surface area contributed by atoms with Crippen LogP contribution in [0.2, 0.25) is 0 Å². The number of halogens is 2. The first-order valence-corrected chi connectivity index (χ1v) is 4.71. The first-order chi connectivity index (χ1) is 6.99. The normalized spacial score (nSPS) is 12.9. The summed E-state index contributed by atoms with van der Waals surface area (Å²) in [6.07, 6.45) is -0.0630. The second-order valence-electron chi connectivity index (χ2n) is 3.53. The fourth-order valence-electron chi connectivity index (χ4n) is 1.34. The molecule has 0 radical (unpaired) electrons. The van der Waals surface area contributed by atoms with Gasteiger partial charge in [-0.3, -0.25) is 0 Å². The van der Waals surface area contributed by atoms with Gasteiger partial charge in [-0.1, -0.05) is 12.1 Å². The highest BCUT2D eigenvalue weighted by molar-refractivity contribution is 5.36. The molecule has 0 saturated heterocycles. The average Bonchev–Trinajstić information content (AvgIpc) is 2.09. The second-order valence-corrected chi connectivity index (χ2v) is 3.53. The van der Waals surface area contributed by atoms with Gasteiger partial charge in [-0.15, -0.1) is 0 Å². The van der Waals surface area contributed by atoms with Gasteiger partial charge in [-0.05, 0) is 37.5 Å². The van der Waals surface area contributed by atoms with Crippen molar-refractivity contribution < 1.29 is 18.6 Å². The Morgan fingerprint density at radius 2 is 2.07 bits per heavy atom. The number of aliphatic hydroxyl groups excluding tert-OH is 1. The van der Waals surface area contributed by atoms with Gasteiger partial charge in [0.15, 0.2) is 0 Å². The van der Waals surface area contributed by atoms with E-state index in [-0.39, 0.29) is 5.75 Å². The van der Waals surface area contributed by atoms with Crippen LogP contribution in [0, 0.1) is 6.92 Å². The lowest BCUT2D eigenvalue weighted by Gasteiger charge is -2.10. The molecule has 1 aromatic rings. The topological polar surface area (TPSA) is 29.5 Å². The standard InChI is InChI=1S/C11H14F2O2/c1-7-3-4-9(5-8(2)14)6-10(7)15-11(12)13/h3-4,6,8,11,14H,5H2,1-2H3/t8-/m0/s1. The van der Waals surface area contributed by atoms with E-state index in [1.165, 1.54) is 6.07 Å². The molecule has 0 saturated carbocycles. The Labute approximate surface area is 87.5 Å². The third kappa shape index (κ3) is 3.83. The number of rotatable bonds is 4. The number of aryl methyl sites for hydroxylation is 1. The summed E-state index contributed by atoms with van der Waals surface area (Å²) in [5, 5.41) is 9.16. The first kappa shape index (κ1) is 11.9. The molecule has 2 nitrogen and oxygen atoms in total. The van der Waals surface area contributed by atoms with E-state index in [2.05, 4.69) is 4.74 Å². The average molecular weight is 216 g/mol. The van der Waals surface area contributed by atoms with Crippen molar-refractivity contribution in [2.45, 2.75) is 33.0 Å². The van der Waals surface area contributed by atoms with E-state index in [0.29, 0.717) is 12.0 Å². The van der Waals surface area contributed by atoms with E-state index in [1.807, 2.05) is 0 Å². The predicted octanol–water partition coefficient (Wildman–Crippen LogP) is 2.52. The van der Waals surface area contributed by atoms with E-state index < -0.39 is 12.7 Å². The van der Waals surface area contributed by atoms with Crippen LogP contribution in [0.4, 0.5) is 8.78 Å². The zero-order chi connectivity index (χ0) is 11.4. The fraction of sp³-hybridized carbons (Fsp3) is 0.455. The summed E-state index contributed by atoms with van der Waals surface area (Å²) in [5.74, 6) is 0.170. The van der Waals surface area contributed by atoms with Gasteiger partial charge in [0.05, 0.1) is 6.10 Å². The molecule has 0 aliphatic rings. The molecule has 0 heterocycles. The lowest BCUT2D eigenvalue weighted by molar-refractivity contribution is -0.0503. The second kappa shape index (κ2) is 5.07. The highest BCUT2D eigenvalue weighted by Crippen LogP contribution is 2.22. The van der Waals surface area contributed by atoms with E-state index in [4.69, 9.17) is 5.11 Å². The highest BCUT2D eigenvalue weighted by atomic mass is 19.3. The Morgan fingerprint density at radius 1 is 1.40 bits per heavy atom. The lowest BCUT2D eigenvalue weighted by atomic mass is 10.1. The number of alkyl halides is 2. The van der Waals surface area contributed by atoms with E-state index in [1.54, 1.807) is 26.0 Å². The molecule has 0 fully saturated rings. The molecule has 1 rings (SSSR count). The molecule has 0 spiro atoms. The maximum atomic E-state index is 12.0. The lowest BCUT2D eigenvalue weighted by Crippen LogP contribution is -2.07. The molecule has 1 aromatic carbocycles. The van der Waals surface area contributed by atoms with Crippen molar-refractivity contribution in [3.63, 3.8) is 0 Å². The van der Waals surface area contributed by atoms with Crippen LogP contribution in [-0.2, 0) is 6.42 Å². The molecule has 15 heavy (non-hydrogen) atoms. The van der Waals surface area contributed by atoms with Crippen LogP contribution in [-0.4, -0.2) is 17.8 Å². The molecule has 1 N–H and O–H groups in total. The molecule has 0 aliphatic heterocycles. The molecule has 4 heteroatoms. The summed E-state index contributed by atoms with van der Waals surface area (Å²) >= 11 is 0. The fourth-order valence-corrected chi connectivity index (χ4v) is 1.34. The van der Waals surface area contributed by atoms with Crippen LogP contribution in [0.5, 0.6) is 5.75 Å². The smallest absolute Gasteiger partial charge is 0.387 e. The predicted molar refractivity (Wildman–Crippen MR) is 53.2 cm³/mol. The molecule has 1 atom stereocenters. The van der Waals surface area contributed by atoms with Gasteiger partial charge >= 0.3 is 6.61 Å². The number of hydrogen-bond acceptors (Lipinski definition) is 2. The van der Waals surface area contributed by atoms with Crippen LogP contribution in [0.15, 0.2) is 18.2 Å². The molecular weight excluding hydrogens is 202 g/mol. The Morgan fingerprint density at radius 3 is 2.60 bits per heavy atom. The summed E-state index contributed by atoms with van der Waals surface area (Å²) < 4.78 is 28.4. The quantitative estimate of drug-likeness (QED) is 0.838. The van der Waals surface area contributed by atoms with E-state index in [9.17, 15) is 8.78 Å². The molecule has 0 aliphatic carbocycles. The SMILES string of the molecule is Cc1ccc(C[C@H](C)O)cc1OC(F)F. The van der Waals surface area contributed by atoms with Crippen LogP contribution >= 0.6 is 0 Å². The van der Waals surface area contributed by atoms with Crippen molar-refractivity contribution >= 4 is 0 Å². The van der Waals surface area contributed by atoms with E-state index in [0.717, 1.165) is 5.56 Å². The summed E-state index contributed by atoms with van der Waals surface area (Å²) in [6.45, 7) is 0.530. The summed E-state index contributed by atoms with van der Waals surface area (Å²) in [4.78, 5) is 0. The van der Waals surface area contributed by atoms with Crippen LogP contribution in [0.1, 0.15) is 18.1 Å². The summed E-state index contributed by atoms with van der Waals surface area (Å²) in [5.41, 5.74) is 1.44. The first-order valence-electron chi connectivity index (χ1n) is 4.71. The number of aliphatic hydroxyl groups is 1. The Hall–Kier alpha value is -1.16. The zero-order valence-electron chi connectivity index (χ0n) is 8.71. The minimum absolute atomic E-state index is 0.170. The third-order valence-electron chi connectivity index (χ3n) is 2.00. The molecule has 0 aromatic heterocycles.